The Hall–Kier alpha value is -1.59. The Kier molecular flexibility index (Phi) is 5.41. The summed E-state index contributed by atoms with van der Waals surface area (Å²) in [6.45, 7) is 5.29. The van der Waals surface area contributed by atoms with E-state index < -0.39 is 0 Å². The molecule has 5 nitrogen and oxygen atoms in total. The molecule has 2 amide bonds. The average molecular weight is 350 g/mol. The van der Waals surface area contributed by atoms with Crippen LogP contribution in [-0.2, 0) is 16.1 Å². The van der Waals surface area contributed by atoms with Crippen molar-refractivity contribution in [3.63, 3.8) is 0 Å². The number of hydrogen-bond donors (Lipinski definition) is 1. The van der Waals surface area contributed by atoms with E-state index in [-0.39, 0.29) is 17.9 Å². The SMILES string of the molecule is CC(C(=O)NCc1ccccc1Cl)N1CCN(C(=O)C2CC2)CC1. The van der Waals surface area contributed by atoms with Crippen LogP contribution in [0.3, 0.4) is 0 Å². The Balaban J connectivity index is 1.46. The van der Waals surface area contributed by atoms with Crippen LogP contribution in [0.25, 0.3) is 0 Å². The minimum Gasteiger partial charge on any atom is -0.351 e. The first-order valence-corrected chi connectivity index (χ1v) is 8.98. The fourth-order valence-corrected chi connectivity index (χ4v) is 3.26. The molecule has 1 aliphatic heterocycles. The average Bonchev–Trinajstić information content (AvgIpc) is 3.45. The van der Waals surface area contributed by atoms with Crippen molar-refractivity contribution < 1.29 is 9.59 Å². The summed E-state index contributed by atoms with van der Waals surface area (Å²) >= 11 is 6.11. The van der Waals surface area contributed by atoms with Gasteiger partial charge in [-0.1, -0.05) is 29.8 Å². The standard InChI is InChI=1S/C18H24ClN3O2/c1-13(17(23)20-12-15-4-2-3-5-16(15)19)21-8-10-22(11-9-21)18(24)14-6-7-14/h2-5,13-14H,6-12H2,1H3,(H,20,23). The first-order valence-electron chi connectivity index (χ1n) is 8.60. The maximum absolute atomic E-state index is 12.4. The van der Waals surface area contributed by atoms with E-state index in [1.54, 1.807) is 0 Å². The predicted octanol–water partition coefficient (Wildman–Crippen LogP) is 1.90. The van der Waals surface area contributed by atoms with Gasteiger partial charge in [-0.15, -0.1) is 0 Å². The maximum Gasteiger partial charge on any atom is 0.237 e. The third-order valence-corrected chi connectivity index (χ3v) is 5.26. The lowest BCUT2D eigenvalue weighted by atomic mass is 10.2. The highest BCUT2D eigenvalue weighted by molar-refractivity contribution is 6.31. The monoisotopic (exact) mass is 349 g/mol. The summed E-state index contributed by atoms with van der Waals surface area (Å²) in [6, 6.07) is 7.31. The zero-order valence-electron chi connectivity index (χ0n) is 14.0. The largest absolute Gasteiger partial charge is 0.351 e. The zero-order valence-corrected chi connectivity index (χ0v) is 14.8. The minimum atomic E-state index is -0.203. The lowest BCUT2D eigenvalue weighted by molar-refractivity contribution is -0.135. The van der Waals surface area contributed by atoms with E-state index in [4.69, 9.17) is 11.6 Å². The highest BCUT2D eigenvalue weighted by atomic mass is 35.5. The van der Waals surface area contributed by atoms with Gasteiger partial charge in [-0.2, -0.15) is 0 Å². The molecular formula is C18H24ClN3O2. The van der Waals surface area contributed by atoms with E-state index in [0.717, 1.165) is 44.6 Å². The number of halogens is 1. The number of rotatable bonds is 5. The summed E-state index contributed by atoms with van der Waals surface area (Å²) in [4.78, 5) is 28.5. The molecule has 1 N–H and O–H groups in total. The van der Waals surface area contributed by atoms with Crippen LogP contribution in [0.2, 0.25) is 5.02 Å². The molecule has 0 aromatic heterocycles. The minimum absolute atomic E-state index is 0.00288. The molecule has 2 fully saturated rings. The van der Waals surface area contributed by atoms with Gasteiger partial charge in [0.05, 0.1) is 6.04 Å². The topological polar surface area (TPSA) is 52.7 Å². The molecule has 1 aromatic carbocycles. The number of benzene rings is 1. The molecular weight excluding hydrogens is 326 g/mol. The van der Waals surface area contributed by atoms with E-state index in [1.807, 2.05) is 36.1 Å². The molecule has 0 radical (unpaired) electrons. The summed E-state index contributed by atoms with van der Waals surface area (Å²) in [5.74, 6) is 0.565. The van der Waals surface area contributed by atoms with Gasteiger partial charge in [0, 0.05) is 43.7 Å². The normalized spacial score (nSPS) is 19.8. The van der Waals surface area contributed by atoms with Gasteiger partial charge in [0.1, 0.15) is 0 Å². The van der Waals surface area contributed by atoms with Crippen LogP contribution < -0.4 is 5.32 Å². The van der Waals surface area contributed by atoms with Crippen molar-refractivity contribution in [2.24, 2.45) is 5.92 Å². The van der Waals surface area contributed by atoms with Crippen molar-refractivity contribution in [2.45, 2.75) is 32.4 Å². The Morgan fingerprint density at radius 3 is 2.50 bits per heavy atom. The molecule has 1 atom stereocenters. The fourth-order valence-electron chi connectivity index (χ4n) is 3.06. The molecule has 1 saturated carbocycles. The number of hydrogen-bond acceptors (Lipinski definition) is 3. The van der Waals surface area contributed by atoms with Crippen LogP contribution in [0.15, 0.2) is 24.3 Å². The Labute approximate surface area is 147 Å². The van der Waals surface area contributed by atoms with Crippen LogP contribution >= 0.6 is 11.6 Å². The van der Waals surface area contributed by atoms with Gasteiger partial charge in [-0.05, 0) is 31.4 Å². The fraction of sp³-hybridized carbons (Fsp3) is 0.556. The maximum atomic E-state index is 12.4. The number of nitrogens with one attached hydrogen (secondary N) is 1. The Morgan fingerprint density at radius 2 is 1.88 bits per heavy atom. The molecule has 6 heteroatoms. The molecule has 1 aromatic rings. The highest BCUT2D eigenvalue weighted by Crippen LogP contribution is 2.31. The third kappa shape index (κ3) is 4.08. The van der Waals surface area contributed by atoms with Gasteiger partial charge >= 0.3 is 0 Å². The van der Waals surface area contributed by atoms with Crippen molar-refractivity contribution in [2.75, 3.05) is 26.2 Å². The van der Waals surface area contributed by atoms with Crippen LogP contribution in [0.5, 0.6) is 0 Å². The van der Waals surface area contributed by atoms with E-state index in [2.05, 4.69) is 10.2 Å². The van der Waals surface area contributed by atoms with E-state index in [0.29, 0.717) is 17.5 Å². The first kappa shape index (κ1) is 17.2. The van der Waals surface area contributed by atoms with E-state index in [9.17, 15) is 9.59 Å². The summed E-state index contributed by atoms with van der Waals surface area (Å²) in [5, 5.41) is 3.62. The van der Waals surface area contributed by atoms with Gasteiger partial charge < -0.3 is 10.2 Å². The number of carbonyl (C=O) groups excluding carboxylic acids is 2. The van der Waals surface area contributed by atoms with Gasteiger partial charge in [-0.25, -0.2) is 0 Å². The van der Waals surface area contributed by atoms with Gasteiger partial charge in [0.15, 0.2) is 0 Å². The highest BCUT2D eigenvalue weighted by Gasteiger charge is 2.35. The summed E-state index contributed by atoms with van der Waals surface area (Å²) in [5.41, 5.74) is 0.916. The van der Waals surface area contributed by atoms with Crippen LogP contribution in [0.1, 0.15) is 25.3 Å². The van der Waals surface area contributed by atoms with Crippen molar-refractivity contribution in [1.29, 1.82) is 0 Å². The van der Waals surface area contributed by atoms with Crippen molar-refractivity contribution in [1.82, 2.24) is 15.1 Å². The molecule has 130 valence electrons. The molecule has 1 unspecified atom stereocenters. The predicted molar refractivity (Wildman–Crippen MR) is 93.6 cm³/mol. The molecule has 3 rings (SSSR count). The molecule has 1 saturated heterocycles. The number of piperazine rings is 1. The molecule has 2 aliphatic rings. The smallest absolute Gasteiger partial charge is 0.237 e. The van der Waals surface area contributed by atoms with E-state index in [1.165, 1.54) is 0 Å². The molecule has 1 heterocycles. The Bertz CT molecular complexity index is 610. The van der Waals surface area contributed by atoms with Gasteiger partial charge in [-0.3, -0.25) is 14.5 Å². The van der Waals surface area contributed by atoms with Crippen LogP contribution in [0.4, 0.5) is 0 Å². The molecule has 0 spiro atoms. The summed E-state index contributed by atoms with van der Waals surface area (Å²) < 4.78 is 0. The third-order valence-electron chi connectivity index (χ3n) is 4.89. The Morgan fingerprint density at radius 1 is 1.21 bits per heavy atom. The summed E-state index contributed by atoms with van der Waals surface area (Å²) in [7, 11) is 0. The molecule has 0 bridgehead atoms. The number of carbonyl (C=O) groups is 2. The van der Waals surface area contributed by atoms with E-state index >= 15 is 0 Å². The van der Waals surface area contributed by atoms with Crippen LogP contribution in [-0.4, -0.2) is 53.8 Å². The lowest BCUT2D eigenvalue weighted by Gasteiger charge is -2.37. The summed E-state index contributed by atoms with van der Waals surface area (Å²) in [6.07, 6.45) is 2.08. The van der Waals surface area contributed by atoms with Gasteiger partial charge in [0.25, 0.3) is 0 Å². The zero-order chi connectivity index (χ0) is 17.1. The molecule has 1 aliphatic carbocycles. The molecule has 24 heavy (non-hydrogen) atoms. The van der Waals surface area contributed by atoms with Crippen molar-refractivity contribution in [3.8, 4) is 0 Å². The first-order chi connectivity index (χ1) is 11.6. The van der Waals surface area contributed by atoms with Crippen LogP contribution in [0, 0.1) is 5.92 Å². The second-order valence-corrected chi connectivity index (χ2v) is 7.03. The second kappa shape index (κ2) is 7.53. The second-order valence-electron chi connectivity index (χ2n) is 6.62. The van der Waals surface area contributed by atoms with Crippen molar-refractivity contribution >= 4 is 23.4 Å². The van der Waals surface area contributed by atoms with Crippen molar-refractivity contribution in [3.05, 3.63) is 34.9 Å². The van der Waals surface area contributed by atoms with Gasteiger partial charge in [0.2, 0.25) is 11.8 Å². The number of amides is 2. The number of nitrogens with zero attached hydrogens (tertiary/aromatic N) is 2. The lowest BCUT2D eigenvalue weighted by Crippen LogP contribution is -2.55. The quantitative estimate of drug-likeness (QED) is 0.883.